The Morgan fingerprint density at radius 1 is 1.19 bits per heavy atom. The van der Waals surface area contributed by atoms with Crippen molar-refractivity contribution in [2.75, 3.05) is 27.4 Å². The van der Waals surface area contributed by atoms with Crippen LogP contribution < -0.4 is 9.47 Å². The van der Waals surface area contributed by atoms with Crippen LogP contribution in [0.1, 0.15) is 11.6 Å². The summed E-state index contributed by atoms with van der Waals surface area (Å²) in [6.07, 6.45) is 8.01. The van der Waals surface area contributed by atoms with Gasteiger partial charge in [-0.2, -0.15) is 0 Å². The van der Waals surface area contributed by atoms with Gasteiger partial charge in [0, 0.05) is 36.8 Å². The Labute approximate surface area is 179 Å². The zero-order valence-corrected chi connectivity index (χ0v) is 17.3. The first-order chi connectivity index (χ1) is 15.1. The number of pyridine rings is 1. The second-order valence-corrected chi connectivity index (χ2v) is 6.88. The van der Waals surface area contributed by atoms with Crippen molar-refractivity contribution in [3.63, 3.8) is 0 Å². The number of rotatable bonds is 6. The molecule has 0 bridgehead atoms. The third kappa shape index (κ3) is 5.00. The zero-order chi connectivity index (χ0) is 22.2. The van der Waals surface area contributed by atoms with Crippen LogP contribution in [0.25, 0.3) is 11.4 Å². The molecule has 164 valence electrons. The molecule has 0 saturated carbocycles. The Morgan fingerprint density at radius 2 is 1.87 bits per heavy atom. The van der Waals surface area contributed by atoms with Gasteiger partial charge < -0.3 is 23.9 Å². The number of carbonyl (C=O) groups is 1. The summed E-state index contributed by atoms with van der Waals surface area (Å²) in [5, 5.41) is 6.89. The highest BCUT2D eigenvalue weighted by atomic mass is 19.1. The molecule has 2 aromatic heterocycles. The molecule has 2 atom stereocenters. The summed E-state index contributed by atoms with van der Waals surface area (Å²) >= 11 is 0. The van der Waals surface area contributed by atoms with Crippen molar-refractivity contribution >= 4 is 6.47 Å². The standard InChI is InChI=1S/C21H22FN3O3.CH2O2/c1-26-19-10-16(17(22)11-20(19)27-2)21-24-7-8-25(21)18-13-28-12-15(18)9-14-3-5-23-6-4-14;2-1-3/h3-8,10-11,15,18H,9,12-13H2,1-2H3;1H,(H,2,3)/t15-,18+;/m0./s1. The number of hydrogen-bond donors (Lipinski definition) is 1. The highest BCUT2D eigenvalue weighted by Crippen LogP contribution is 2.37. The summed E-state index contributed by atoms with van der Waals surface area (Å²) < 4.78 is 33.1. The highest BCUT2D eigenvalue weighted by molar-refractivity contribution is 5.62. The smallest absolute Gasteiger partial charge is 0.290 e. The van der Waals surface area contributed by atoms with Crippen molar-refractivity contribution in [1.82, 2.24) is 14.5 Å². The van der Waals surface area contributed by atoms with Crippen LogP contribution in [0, 0.1) is 11.7 Å². The third-order valence-corrected chi connectivity index (χ3v) is 5.15. The molecule has 0 amide bonds. The van der Waals surface area contributed by atoms with E-state index in [9.17, 15) is 4.39 Å². The molecule has 3 heterocycles. The van der Waals surface area contributed by atoms with Gasteiger partial charge in [0.25, 0.3) is 6.47 Å². The number of aromatic nitrogens is 3. The van der Waals surface area contributed by atoms with Gasteiger partial charge in [-0.15, -0.1) is 0 Å². The van der Waals surface area contributed by atoms with Gasteiger partial charge in [-0.3, -0.25) is 9.78 Å². The fourth-order valence-electron chi connectivity index (χ4n) is 3.73. The topological polar surface area (TPSA) is 95.7 Å². The van der Waals surface area contributed by atoms with Crippen LogP contribution in [-0.2, 0) is 16.0 Å². The number of nitrogens with zero attached hydrogens (tertiary/aromatic N) is 3. The maximum absolute atomic E-state index is 14.8. The maximum Gasteiger partial charge on any atom is 0.290 e. The number of ether oxygens (including phenoxy) is 3. The number of hydrogen-bond acceptors (Lipinski definition) is 6. The van der Waals surface area contributed by atoms with Crippen LogP contribution in [0.15, 0.2) is 49.1 Å². The summed E-state index contributed by atoms with van der Waals surface area (Å²) in [5.74, 6) is 1.22. The molecule has 9 heteroatoms. The van der Waals surface area contributed by atoms with Crippen LogP contribution in [0.2, 0.25) is 0 Å². The van der Waals surface area contributed by atoms with E-state index < -0.39 is 5.82 Å². The van der Waals surface area contributed by atoms with Crippen molar-refractivity contribution < 1.29 is 28.5 Å². The van der Waals surface area contributed by atoms with Crippen LogP contribution in [0.4, 0.5) is 4.39 Å². The minimum absolute atomic E-state index is 0.0677. The summed E-state index contributed by atoms with van der Waals surface area (Å²) in [4.78, 5) is 16.9. The lowest BCUT2D eigenvalue weighted by molar-refractivity contribution is -0.122. The first-order valence-electron chi connectivity index (χ1n) is 9.62. The van der Waals surface area contributed by atoms with Gasteiger partial charge in [0.15, 0.2) is 11.5 Å². The first kappa shape index (κ1) is 22.2. The number of imidazole rings is 1. The van der Waals surface area contributed by atoms with E-state index in [2.05, 4.69) is 9.97 Å². The number of benzene rings is 1. The molecule has 1 saturated heterocycles. The molecule has 1 aromatic carbocycles. The first-order valence-corrected chi connectivity index (χ1v) is 9.62. The van der Waals surface area contributed by atoms with E-state index in [4.69, 9.17) is 24.1 Å². The monoisotopic (exact) mass is 429 g/mol. The fourth-order valence-corrected chi connectivity index (χ4v) is 3.73. The summed E-state index contributed by atoms with van der Waals surface area (Å²) in [6, 6.07) is 7.04. The van der Waals surface area contributed by atoms with Crippen molar-refractivity contribution in [1.29, 1.82) is 0 Å². The third-order valence-electron chi connectivity index (χ3n) is 5.15. The van der Waals surface area contributed by atoms with Crippen molar-refractivity contribution in [2.45, 2.75) is 12.5 Å². The van der Waals surface area contributed by atoms with Crippen LogP contribution >= 0.6 is 0 Å². The van der Waals surface area contributed by atoms with Crippen LogP contribution in [-0.4, -0.2) is 53.5 Å². The quantitative estimate of drug-likeness (QED) is 0.601. The van der Waals surface area contributed by atoms with E-state index >= 15 is 0 Å². The molecule has 0 unspecified atom stereocenters. The van der Waals surface area contributed by atoms with Gasteiger partial charge in [-0.05, 0) is 30.2 Å². The molecule has 31 heavy (non-hydrogen) atoms. The number of carboxylic acid groups (broad SMARTS) is 1. The van der Waals surface area contributed by atoms with Gasteiger partial charge >= 0.3 is 0 Å². The van der Waals surface area contributed by atoms with Gasteiger partial charge in [-0.1, -0.05) is 0 Å². The van der Waals surface area contributed by atoms with Crippen molar-refractivity contribution in [2.24, 2.45) is 5.92 Å². The van der Waals surface area contributed by atoms with E-state index in [1.165, 1.54) is 25.8 Å². The average Bonchev–Trinajstić information content (AvgIpc) is 3.44. The van der Waals surface area contributed by atoms with Crippen LogP contribution in [0.5, 0.6) is 11.5 Å². The van der Waals surface area contributed by atoms with Crippen molar-refractivity contribution in [3.05, 3.63) is 60.4 Å². The summed E-state index contributed by atoms with van der Waals surface area (Å²) in [6.45, 7) is 0.965. The van der Waals surface area contributed by atoms with E-state index in [-0.39, 0.29) is 18.4 Å². The molecular weight excluding hydrogens is 405 g/mol. The van der Waals surface area contributed by atoms with E-state index in [0.29, 0.717) is 36.1 Å². The molecule has 8 nitrogen and oxygen atoms in total. The molecular formula is C22H24FN3O5. The Bertz CT molecular complexity index is 996. The molecule has 1 N–H and O–H groups in total. The second-order valence-electron chi connectivity index (χ2n) is 6.88. The molecule has 1 aliphatic heterocycles. The molecule has 3 aromatic rings. The lowest BCUT2D eigenvalue weighted by atomic mass is 9.95. The Kier molecular flexibility index (Phi) is 7.55. The normalized spacial score (nSPS) is 17.5. The van der Waals surface area contributed by atoms with Gasteiger partial charge in [0.2, 0.25) is 0 Å². The number of halogens is 1. The molecule has 4 rings (SSSR count). The maximum atomic E-state index is 14.8. The van der Waals surface area contributed by atoms with E-state index in [1.807, 2.05) is 22.9 Å². The predicted molar refractivity (Wildman–Crippen MR) is 111 cm³/mol. The van der Waals surface area contributed by atoms with E-state index in [0.717, 1.165) is 6.42 Å². The van der Waals surface area contributed by atoms with Gasteiger partial charge in [0.05, 0.1) is 39.0 Å². The summed E-state index contributed by atoms with van der Waals surface area (Å²) in [5.41, 5.74) is 1.58. The molecule has 0 spiro atoms. The largest absolute Gasteiger partial charge is 0.493 e. The summed E-state index contributed by atoms with van der Waals surface area (Å²) in [7, 11) is 3.01. The fraction of sp³-hybridized carbons (Fsp3) is 0.318. The second kappa shape index (κ2) is 10.5. The SMILES string of the molecule is COc1cc(F)c(-c2nccn2[C@@H]2COC[C@@H]2Cc2ccncc2)cc1OC.O=CO. The van der Waals surface area contributed by atoms with Gasteiger partial charge in [-0.25, -0.2) is 9.37 Å². The minimum atomic E-state index is -0.408. The molecule has 1 fully saturated rings. The minimum Gasteiger partial charge on any atom is -0.493 e. The predicted octanol–water partition coefficient (Wildman–Crippen LogP) is 3.23. The zero-order valence-electron chi connectivity index (χ0n) is 17.3. The average molecular weight is 429 g/mol. The Morgan fingerprint density at radius 3 is 2.55 bits per heavy atom. The molecule has 0 radical (unpaired) electrons. The molecule has 0 aliphatic carbocycles. The molecule has 1 aliphatic rings. The lowest BCUT2D eigenvalue weighted by Crippen LogP contribution is -2.20. The highest BCUT2D eigenvalue weighted by Gasteiger charge is 2.32. The van der Waals surface area contributed by atoms with Crippen molar-refractivity contribution in [3.8, 4) is 22.9 Å². The Balaban J connectivity index is 0.000000858. The van der Waals surface area contributed by atoms with E-state index in [1.54, 1.807) is 24.7 Å². The van der Waals surface area contributed by atoms with Crippen LogP contribution in [0.3, 0.4) is 0 Å². The van der Waals surface area contributed by atoms with Gasteiger partial charge in [0.1, 0.15) is 11.6 Å². The number of methoxy groups -OCH3 is 2. The lowest BCUT2D eigenvalue weighted by Gasteiger charge is -2.22. The Hall–Kier alpha value is -3.46.